The van der Waals surface area contributed by atoms with Crippen molar-refractivity contribution in [1.29, 1.82) is 0 Å². The fourth-order valence-corrected chi connectivity index (χ4v) is 2.69. The van der Waals surface area contributed by atoms with Crippen LogP contribution in [0.15, 0.2) is 0 Å². The van der Waals surface area contributed by atoms with Crippen molar-refractivity contribution in [3.8, 4) is 0 Å². The van der Waals surface area contributed by atoms with E-state index in [0.717, 1.165) is 6.42 Å². The van der Waals surface area contributed by atoms with Crippen LogP contribution in [-0.2, 0) is 4.79 Å². The lowest BCUT2D eigenvalue weighted by atomic mass is 9.94. The quantitative estimate of drug-likeness (QED) is 0.645. The van der Waals surface area contributed by atoms with Crippen LogP contribution in [0.4, 0.5) is 0 Å². The van der Waals surface area contributed by atoms with Crippen LogP contribution in [0.25, 0.3) is 0 Å². The van der Waals surface area contributed by atoms with Crippen LogP contribution in [0.1, 0.15) is 38.5 Å². The van der Waals surface area contributed by atoms with Gasteiger partial charge in [-0.15, -0.1) is 0 Å². The molecule has 3 nitrogen and oxygen atoms in total. The molecule has 1 saturated carbocycles. The van der Waals surface area contributed by atoms with Gasteiger partial charge in [-0.05, 0) is 25.2 Å². The number of hydrogen-bond donors (Lipinski definition) is 2. The van der Waals surface area contributed by atoms with E-state index in [0.29, 0.717) is 12.0 Å². The SMILES string of the molecule is O=C(O)[C@H]1C[C@@H]2CCCCC[C@H]2N1. The fraction of sp³-hybridized carbons (Fsp3) is 0.900. The third kappa shape index (κ3) is 1.85. The van der Waals surface area contributed by atoms with E-state index in [1.54, 1.807) is 0 Å². The third-order valence-electron chi connectivity index (χ3n) is 3.41. The van der Waals surface area contributed by atoms with Crippen molar-refractivity contribution < 1.29 is 9.90 Å². The van der Waals surface area contributed by atoms with Crippen LogP contribution < -0.4 is 5.32 Å². The molecule has 1 aliphatic heterocycles. The van der Waals surface area contributed by atoms with Crippen LogP contribution in [0.5, 0.6) is 0 Å². The highest BCUT2D eigenvalue weighted by atomic mass is 16.4. The Morgan fingerprint density at radius 3 is 2.77 bits per heavy atom. The van der Waals surface area contributed by atoms with Crippen molar-refractivity contribution in [3.05, 3.63) is 0 Å². The van der Waals surface area contributed by atoms with E-state index in [4.69, 9.17) is 5.11 Å². The molecule has 0 aromatic heterocycles. The summed E-state index contributed by atoms with van der Waals surface area (Å²) in [5.41, 5.74) is 0. The number of aliphatic carboxylic acids is 1. The second-order valence-corrected chi connectivity index (χ2v) is 4.30. The second kappa shape index (κ2) is 3.66. The number of rotatable bonds is 1. The van der Waals surface area contributed by atoms with Crippen LogP contribution >= 0.6 is 0 Å². The van der Waals surface area contributed by atoms with Crippen molar-refractivity contribution in [2.45, 2.75) is 50.6 Å². The van der Waals surface area contributed by atoms with Gasteiger partial charge in [-0.3, -0.25) is 4.79 Å². The molecule has 0 aromatic carbocycles. The Morgan fingerprint density at radius 1 is 1.23 bits per heavy atom. The van der Waals surface area contributed by atoms with E-state index >= 15 is 0 Å². The zero-order chi connectivity index (χ0) is 9.26. The molecule has 0 amide bonds. The van der Waals surface area contributed by atoms with Gasteiger partial charge >= 0.3 is 5.97 Å². The van der Waals surface area contributed by atoms with Gasteiger partial charge in [-0.25, -0.2) is 0 Å². The normalized spacial score (nSPS) is 39.5. The first kappa shape index (κ1) is 9.00. The molecule has 0 radical (unpaired) electrons. The molecular weight excluding hydrogens is 166 g/mol. The first-order valence-electron chi connectivity index (χ1n) is 5.26. The van der Waals surface area contributed by atoms with Crippen molar-refractivity contribution in [3.63, 3.8) is 0 Å². The third-order valence-corrected chi connectivity index (χ3v) is 3.41. The smallest absolute Gasteiger partial charge is 0.320 e. The van der Waals surface area contributed by atoms with E-state index in [1.165, 1.54) is 32.1 Å². The van der Waals surface area contributed by atoms with E-state index in [-0.39, 0.29) is 6.04 Å². The minimum Gasteiger partial charge on any atom is -0.480 e. The molecule has 1 aliphatic carbocycles. The molecule has 2 rings (SSSR count). The maximum atomic E-state index is 10.8. The monoisotopic (exact) mass is 183 g/mol. The van der Waals surface area contributed by atoms with Gasteiger partial charge in [-0.2, -0.15) is 0 Å². The number of fused-ring (bicyclic) bond motifs is 1. The molecule has 0 unspecified atom stereocenters. The highest BCUT2D eigenvalue weighted by molar-refractivity contribution is 5.74. The van der Waals surface area contributed by atoms with E-state index in [1.807, 2.05) is 0 Å². The topological polar surface area (TPSA) is 49.3 Å². The van der Waals surface area contributed by atoms with Gasteiger partial charge < -0.3 is 10.4 Å². The first-order chi connectivity index (χ1) is 6.27. The van der Waals surface area contributed by atoms with Crippen LogP contribution in [-0.4, -0.2) is 23.2 Å². The van der Waals surface area contributed by atoms with Crippen molar-refractivity contribution in [1.82, 2.24) is 5.32 Å². The highest BCUT2D eigenvalue weighted by Crippen LogP contribution is 2.32. The second-order valence-electron chi connectivity index (χ2n) is 4.30. The van der Waals surface area contributed by atoms with Gasteiger partial charge in [0.15, 0.2) is 0 Å². The molecule has 0 bridgehead atoms. The molecule has 2 fully saturated rings. The Kier molecular flexibility index (Phi) is 2.54. The Balaban J connectivity index is 1.97. The average Bonchev–Trinajstić information content (AvgIpc) is 2.38. The van der Waals surface area contributed by atoms with E-state index < -0.39 is 5.97 Å². The lowest BCUT2D eigenvalue weighted by Crippen LogP contribution is -2.35. The maximum absolute atomic E-state index is 10.8. The summed E-state index contributed by atoms with van der Waals surface area (Å²) in [5, 5.41) is 12.1. The Bertz CT molecular complexity index is 191. The van der Waals surface area contributed by atoms with Crippen molar-refractivity contribution >= 4 is 5.97 Å². The maximum Gasteiger partial charge on any atom is 0.320 e. The van der Waals surface area contributed by atoms with Gasteiger partial charge in [0.2, 0.25) is 0 Å². The summed E-state index contributed by atoms with van der Waals surface area (Å²) < 4.78 is 0. The van der Waals surface area contributed by atoms with Gasteiger partial charge in [0.1, 0.15) is 6.04 Å². The summed E-state index contributed by atoms with van der Waals surface area (Å²) in [6, 6.07) is 0.219. The minimum absolute atomic E-state index is 0.270. The largest absolute Gasteiger partial charge is 0.480 e. The van der Waals surface area contributed by atoms with Crippen molar-refractivity contribution in [2.24, 2.45) is 5.92 Å². The van der Waals surface area contributed by atoms with Gasteiger partial charge in [0, 0.05) is 6.04 Å². The molecule has 3 heteroatoms. The number of nitrogens with one attached hydrogen (secondary N) is 1. The number of carbonyl (C=O) groups is 1. The Hall–Kier alpha value is -0.570. The molecule has 1 saturated heterocycles. The summed E-state index contributed by atoms with van der Waals surface area (Å²) in [6.45, 7) is 0. The van der Waals surface area contributed by atoms with Crippen molar-refractivity contribution in [2.75, 3.05) is 0 Å². The molecule has 74 valence electrons. The zero-order valence-corrected chi connectivity index (χ0v) is 7.83. The summed E-state index contributed by atoms with van der Waals surface area (Å²) in [5.74, 6) is -0.0447. The molecule has 13 heavy (non-hydrogen) atoms. The fourth-order valence-electron chi connectivity index (χ4n) is 2.69. The summed E-state index contributed by atoms with van der Waals surface area (Å²) in [7, 11) is 0. The molecular formula is C10H17NO2. The molecule has 1 heterocycles. The summed E-state index contributed by atoms with van der Waals surface area (Å²) in [6.07, 6.45) is 7.12. The molecule has 0 spiro atoms. The molecule has 0 aromatic rings. The highest BCUT2D eigenvalue weighted by Gasteiger charge is 2.37. The predicted octanol–water partition coefficient (Wildman–Crippen LogP) is 1.38. The van der Waals surface area contributed by atoms with Crippen LogP contribution in [0, 0.1) is 5.92 Å². The van der Waals surface area contributed by atoms with Crippen LogP contribution in [0.3, 0.4) is 0 Å². The predicted molar refractivity (Wildman–Crippen MR) is 49.5 cm³/mol. The van der Waals surface area contributed by atoms with Gasteiger partial charge in [0.25, 0.3) is 0 Å². The van der Waals surface area contributed by atoms with Crippen LogP contribution in [0.2, 0.25) is 0 Å². The molecule has 2 N–H and O–H groups in total. The summed E-state index contributed by atoms with van der Waals surface area (Å²) >= 11 is 0. The molecule has 2 aliphatic rings. The van der Waals surface area contributed by atoms with Gasteiger partial charge in [-0.1, -0.05) is 19.3 Å². The first-order valence-corrected chi connectivity index (χ1v) is 5.26. The van der Waals surface area contributed by atoms with E-state index in [9.17, 15) is 4.79 Å². The Labute approximate surface area is 78.5 Å². The van der Waals surface area contributed by atoms with E-state index in [2.05, 4.69) is 5.32 Å². The lowest BCUT2D eigenvalue weighted by Gasteiger charge is -2.14. The molecule has 3 atom stereocenters. The standard InChI is InChI=1S/C10H17NO2/c12-10(13)9-6-7-4-2-1-3-5-8(7)11-9/h7-9,11H,1-6H2,(H,12,13)/t7-,8+,9+/m0/s1. The summed E-state index contributed by atoms with van der Waals surface area (Å²) in [4.78, 5) is 10.8. The zero-order valence-electron chi connectivity index (χ0n) is 7.83. The number of carboxylic acid groups (broad SMARTS) is 1. The minimum atomic E-state index is -0.673. The van der Waals surface area contributed by atoms with Gasteiger partial charge in [0.05, 0.1) is 0 Å². The number of carboxylic acids is 1. The number of hydrogen-bond acceptors (Lipinski definition) is 2. The lowest BCUT2D eigenvalue weighted by molar-refractivity contribution is -0.139. The Morgan fingerprint density at radius 2 is 2.00 bits per heavy atom. The average molecular weight is 183 g/mol.